The van der Waals surface area contributed by atoms with E-state index in [4.69, 9.17) is 4.74 Å². The zero-order chi connectivity index (χ0) is 10.3. The first kappa shape index (κ1) is 10.5. The van der Waals surface area contributed by atoms with Gasteiger partial charge in [-0.05, 0) is 0 Å². The lowest BCUT2D eigenvalue weighted by molar-refractivity contribution is -0.125. The SMILES string of the molecule is C=C(C(F)(F)F)C1(O)COCC1C. The highest BCUT2D eigenvalue weighted by Crippen LogP contribution is 2.39. The van der Waals surface area contributed by atoms with Gasteiger partial charge in [0.15, 0.2) is 0 Å². The summed E-state index contributed by atoms with van der Waals surface area (Å²) in [6, 6.07) is 0. The maximum Gasteiger partial charge on any atom is 0.414 e. The molecule has 0 spiro atoms. The van der Waals surface area contributed by atoms with Crippen LogP contribution in [0, 0.1) is 5.92 Å². The molecule has 76 valence electrons. The lowest BCUT2D eigenvalue weighted by Crippen LogP contribution is -2.43. The van der Waals surface area contributed by atoms with Crippen molar-refractivity contribution >= 4 is 0 Å². The third-order valence-electron chi connectivity index (χ3n) is 2.37. The predicted molar refractivity (Wildman–Crippen MR) is 40.1 cm³/mol. The molecule has 1 rings (SSSR count). The topological polar surface area (TPSA) is 29.5 Å². The van der Waals surface area contributed by atoms with Crippen molar-refractivity contribution in [1.29, 1.82) is 0 Å². The lowest BCUT2D eigenvalue weighted by Gasteiger charge is -2.29. The first-order valence-corrected chi connectivity index (χ1v) is 3.85. The highest BCUT2D eigenvalue weighted by atomic mass is 19.4. The molecule has 2 atom stereocenters. The normalized spacial score (nSPS) is 35.0. The molecular weight excluding hydrogens is 185 g/mol. The average Bonchev–Trinajstić information content (AvgIpc) is 2.30. The van der Waals surface area contributed by atoms with Crippen LogP contribution in [0.5, 0.6) is 0 Å². The predicted octanol–water partition coefficient (Wildman–Crippen LogP) is 1.50. The zero-order valence-corrected chi connectivity index (χ0v) is 7.19. The van der Waals surface area contributed by atoms with E-state index in [2.05, 4.69) is 6.58 Å². The van der Waals surface area contributed by atoms with Crippen LogP contribution < -0.4 is 0 Å². The Morgan fingerprint density at radius 2 is 2.15 bits per heavy atom. The minimum atomic E-state index is -4.56. The maximum absolute atomic E-state index is 12.2. The second-order valence-electron chi connectivity index (χ2n) is 3.32. The van der Waals surface area contributed by atoms with Gasteiger partial charge in [-0.2, -0.15) is 13.2 Å². The van der Waals surface area contributed by atoms with Crippen LogP contribution in [0.3, 0.4) is 0 Å². The van der Waals surface area contributed by atoms with Gasteiger partial charge in [-0.25, -0.2) is 0 Å². The molecule has 1 aliphatic rings. The van der Waals surface area contributed by atoms with Gasteiger partial charge in [-0.3, -0.25) is 0 Å². The van der Waals surface area contributed by atoms with E-state index in [-0.39, 0.29) is 13.2 Å². The van der Waals surface area contributed by atoms with Gasteiger partial charge < -0.3 is 9.84 Å². The van der Waals surface area contributed by atoms with Gasteiger partial charge in [0, 0.05) is 5.92 Å². The highest BCUT2D eigenvalue weighted by molar-refractivity contribution is 5.21. The number of aliphatic hydroxyl groups is 1. The minimum Gasteiger partial charge on any atom is -0.382 e. The van der Waals surface area contributed by atoms with Crippen molar-refractivity contribution in [2.45, 2.75) is 18.7 Å². The number of rotatable bonds is 1. The fourth-order valence-electron chi connectivity index (χ4n) is 1.30. The second kappa shape index (κ2) is 2.99. The van der Waals surface area contributed by atoms with Gasteiger partial charge in [-0.15, -0.1) is 0 Å². The van der Waals surface area contributed by atoms with E-state index in [9.17, 15) is 18.3 Å². The molecule has 1 fully saturated rings. The molecule has 1 heterocycles. The van der Waals surface area contributed by atoms with Crippen LogP contribution >= 0.6 is 0 Å². The van der Waals surface area contributed by atoms with E-state index in [0.29, 0.717) is 0 Å². The summed E-state index contributed by atoms with van der Waals surface area (Å²) in [5, 5.41) is 9.62. The van der Waals surface area contributed by atoms with Crippen LogP contribution in [0.2, 0.25) is 0 Å². The van der Waals surface area contributed by atoms with E-state index in [1.165, 1.54) is 6.92 Å². The molecule has 1 N–H and O–H groups in total. The van der Waals surface area contributed by atoms with E-state index < -0.39 is 23.3 Å². The molecule has 13 heavy (non-hydrogen) atoms. The van der Waals surface area contributed by atoms with Crippen molar-refractivity contribution < 1.29 is 23.0 Å². The maximum atomic E-state index is 12.2. The summed E-state index contributed by atoms with van der Waals surface area (Å²) < 4.78 is 41.4. The number of halogens is 3. The molecular formula is C8H11F3O2. The van der Waals surface area contributed by atoms with E-state index in [1.54, 1.807) is 0 Å². The largest absolute Gasteiger partial charge is 0.414 e. The van der Waals surface area contributed by atoms with Gasteiger partial charge in [0.05, 0.1) is 18.8 Å². The molecule has 5 heteroatoms. The Labute approximate surface area is 74.0 Å². The Bertz CT molecular complexity index is 224. The summed E-state index contributed by atoms with van der Waals surface area (Å²) >= 11 is 0. The Balaban J connectivity index is 2.87. The number of ether oxygens (including phenoxy) is 1. The standard InChI is InChI=1S/C8H11F3O2/c1-5-3-13-4-7(5,12)6(2)8(9,10)11/h5,12H,2-4H2,1H3. The van der Waals surface area contributed by atoms with Crippen LogP contribution in [0.4, 0.5) is 13.2 Å². The Kier molecular flexibility index (Phi) is 2.42. The summed E-state index contributed by atoms with van der Waals surface area (Å²) in [6.07, 6.45) is -4.56. The van der Waals surface area contributed by atoms with Gasteiger partial charge >= 0.3 is 6.18 Å². The summed E-state index contributed by atoms with van der Waals surface area (Å²) in [6.45, 7) is 4.18. The molecule has 0 aromatic heterocycles. The number of hydrogen-bond donors (Lipinski definition) is 1. The molecule has 0 aliphatic carbocycles. The molecule has 1 saturated heterocycles. The van der Waals surface area contributed by atoms with Gasteiger partial charge in [0.1, 0.15) is 5.60 Å². The van der Waals surface area contributed by atoms with Crippen molar-refractivity contribution in [1.82, 2.24) is 0 Å². The Morgan fingerprint density at radius 1 is 1.62 bits per heavy atom. The Morgan fingerprint density at radius 3 is 2.46 bits per heavy atom. The van der Waals surface area contributed by atoms with Crippen LogP contribution in [0.1, 0.15) is 6.92 Å². The molecule has 0 amide bonds. The monoisotopic (exact) mass is 196 g/mol. The summed E-state index contributed by atoms with van der Waals surface area (Å²) in [5.41, 5.74) is -3.07. The minimum absolute atomic E-state index is 0.131. The third kappa shape index (κ3) is 1.71. The van der Waals surface area contributed by atoms with Crippen LogP contribution in [0.15, 0.2) is 12.2 Å². The van der Waals surface area contributed by atoms with Crippen molar-refractivity contribution in [2.24, 2.45) is 5.92 Å². The zero-order valence-electron chi connectivity index (χ0n) is 7.19. The van der Waals surface area contributed by atoms with Crippen molar-refractivity contribution in [3.05, 3.63) is 12.2 Å². The number of alkyl halides is 3. The first-order chi connectivity index (χ1) is 5.78. The quantitative estimate of drug-likeness (QED) is 0.644. The number of hydrogen-bond acceptors (Lipinski definition) is 2. The molecule has 0 aromatic rings. The highest BCUT2D eigenvalue weighted by Gasteiger charge is 2.51. The summed E-state index contributed by atoms with van der Waals surface area (Å²) in [7, 11) is 0. The molecule has 0 bridgehead atoms. The van der Waals surface area contributed by atoms with E-state index in [1.807, 2.05) is 0 Å². The molecule has 0 aromatic carbocycles. The molecule has 1 aliphatic heterocycles. The molecule has 0 radical (unpaired) electrons. The van der Waals surface area contributed by atoms with Crippen molar-refractivity contribution in [3.63, 3.8) is 0 Å². The average molecular weight is 196 g/mol. The Hall–Kier alpha value is -0.550. The molecule has 0 saturated carbocycles. The molecule has 2 nitrogen and oxygen atoms in total. The fourth-order valence-corrected chi connectivity index (χ4v) is 1.30. The van der Waals surface area contributed by atoms with Gasteiger partial charge in [0.25, 0.3) is 0 Å². The third-order valence-corrected chi connectivity index (χ3v) is 2.37. The smallest absolute Gasteiger partial charge is 0.382 e. The second-order valence-corrected chi connectivity index (χ2v) is 3.32. The van der Waals surface area contributed by atoms with E-state index in [0.717, 1.165) is 0 Å². The van der Waals surface area contributed by atoms with Crippen LogP contribution in [-0.4, -0.2) is 30.1 Å². The van der Waals surface area contributed by atoms with Crippen molar-refractivity contribution in [3.8, 4) is 0 Å². The van der Waals surface area contributed by atoms with Crippen LogP contribution in [0.25, 0.3) is 0 Å². The van der Waals surface area contributed by atoms with Gasteiger partial charge in [0.2, 0.25) is 0 Å². The molecule has 2 unspecified atom stereocenters. The fraction of sp³-hybridized carbons (Fsp3) is 0.750. The van der Waals surface area contributed by atoms with Crippen LogP contribution in [-0.2, 0) is 4.74 Å². The first-order valence-electron chi connectivity index (χ1n) is 3.85. The summed E-state index contributed by atoms with van der Waals surface area (Å²) in [4.78, 5) is 0. The lowest BCUT2D eigenvalue weighted by atomic mass is 9.85. The van der Waals surface area contributed by atoms with Crippen molar-refractivity contribution in [2.75, 3.05) is 13.2 Å². The summed E-state index contributed by atoms with van der Waals surface area (Å²) in [5.74, 6) is -0.568. The van der Waals surface area contributed by atoms with E-state index >= 15 is 0 Å². The van der Waals surface area contributed by atoms with Gasteiger partial charge in [-0.1, -0.05) is 13.5 Å².